The minimum atomic E-state index is -0.948. The fourth-order valence-electron chi connectivity index (χ4n) is 3.45. The van der Waals surface area contributed by atoms with Gasteiger partial charge in [-0.3, -0.25) is 9.69 Å². The first-order chi connectivity index (χ1) is 9.88. The van der Waals surface area contributed by atoms with E-state index < -0.39 is 5.97 Å². The predicted molar refractivity (Wildman–Crippen MR) is 80.2 cm³/mol. The first-order valence-corrected chi connectivity index (χ1v) is 7.90. The van der Waals surface area contributed by atoms with Gasteiger partial charge >= 0.3 is 12.0 Å². The number of carbonyl (C=O) groups excluding carboxylic acids is 1. The van der Waals surface area contributed by atoms with Crippen LogP contribution in [0.3, 0.4) is 0 Å². The minimum Gasteiger partial charge on any atom is -0.480 e. The summed E-state index contributed by atoms with van der Waals surface area (Å²) in [5, 5.41) is 9.04. The highest BCUT2D eigenvalue weighted by molar-refractivity contribution is 5.80. The number of aliphatic carboxylic acids is 1. The van der Waals surface area contributed by atoms with Gasteiger partial charge in [-0.25, -0.2) is 4.79 Å². The maximum absolute atomic E-state index is 12.7. The molecule has 0 bridgehead atoms. The van der Waals surface area contributed by atoms with Crippen molar-refractivity contribution in [1.29, 1.82) is 0 Å². The molecule has 2 amide bonds. The summed E-state index contributed by atoms with van der Waals surface area (Å²) < 4.78 is 0. The number of urea groups is 1. The molecule has 0 spiro atoms. The second-order valence-corrected chi connectivity index (χ2v) is 6.74. The number of nitrogens with zero attached hydrogens (tertiary/aromatic N) is 3. The molecule has 0 radical (unpaired) electrons. The second-order valence-electron chi connectivity index (χ2n) is 6.74. The molecule has 2 saturated heterocycles. The van der Waals surface area contributed by atoms with E-state index in [2.05, 4.69) is 11.8 Å². The lowest BCUT2D eigenvalue weighted by Crippen LogP contribution is -2.60. The smallest absolute Gasteiger partial charge is 0.323 e. The Kier molecular flexibility index (Phi) is 5.08. The highest BCUT2D eigenvalue weighted by Gasteiger charge is 2.38. The fourth-order valence-corrected chi connectivity index (χ4v) is 3.45. The zero-order valence-electron chi connectivity index (χ0n) is 13.3. The summed E-state index contributed by atoms with van der Waals surface area (Å²) in [4.78, 5) is 29.6. The van der Waals surface area contributed by atoms with Crippen LogP contribution in [0.1, 0.15) is 33.6 Å². The van der Waals surface area contributed by atoms with Gasteiger partial charge in [0.2, 0.25) is 0 Å². The van der Waals surface area contributed by atoms with Crippen molar-refractivity contribution in [2.75, 3.05) is 32.7 Å². The number of hydrogen-bond donors (Lipinski definition) is 1. The van der Waals surface area contributed by atoms with Crippen LogP contribution in [0.5, 0.6) is 0 Å². The minimum absolute atomic E-state index is 0.120. The monoisotopic (exact) mass is 297 g/mol. The summed E-state index contributed by atoms with van der Waals surface area (Å²) in [6.07, 6.45) is 2.34. The third-order valence-electron chi connectivity index (χ3n) is 4.37. The predicted octanol–water partition coefficient (Wildman–Crippen LogP) is 1.32. The van der Waals surface area contributed by atoms with E-state index in [1.54, 1.807) is 0 Å². The van der Waals surface area contributed by atoms with E-state index in [4.69, 9.17) is 5.11 Å². The van der Waals surface area contributed by atoms with Crippen LogP contribution in [0.4, 0.5) is 4.79 Å². The Labute approximate surface area is 126 Å². The fraction of sp³-hybridized carbons (Fsp3) is 0.867. The number of rotatable bonds is 4. The lowest BCUT2D eigenvalue weighted by atomic mass is 10.1. The third kappa shape index (κ3) is 3.87. The number of carboxylic acids is 1. The Morgan fingerprint density at radius 3 is 2.67 bits per heavy atom. The molecule has 2 aliphatic heterocycles. The van der Waals surface area contributed by atoms with E-state index in [-0.39, 0.29) is 24.5 Å². The molecule has 2 rings (SSSR count). The van der Waals surface area contributed by atoms with Crippen LogP contribution >= 0.6 is 0 Å². The van der Waals surface area contributed by atoms with Gasteiger partial charge in [-0.1, -0.05) is 13.8 Å². The molecule has 0 aromatic rings. The quantitative estimate of drug-likeness (QED) is 0.850. The van der Waals surface area contributed by atoms with Gasteiger partial charge in [-0.15, -0.1) is 0 Å². The average Bonchev–Trinajstić information content (AvgIpc) is 2.82. The molecule has 6 heteroatoms. The van der Waals surface area contributed by atoms with Gasteiger partial charge in [0.05, 0.1) is 0 Å². The number of piperazine rings is 1. The Morgan fingerprint density at radius 1 is 1.33 bits per heavy atom. The Morgan fingerprint density at radius 2 is 2.05 bits per heavy atom. The topological polar surface area (TPSA) is 64.1 Å². The Bertz CT molecular complexity index is 400. The summed E-state index contributed by atoms with van der Waals surface area (Å²) in [5.74, 6) is -0.687. The number of hydrogen-bond acceptors (Lipinski definition) is 3. The molecule has 2 aliphatic rings. The molecule has 21 heavy (non-hydrogen) atoms. The number of carbonyl (C=O) groups is 2. The van der Waals surface area contributed by atoms with Crippen LogP contribution < -0.4 is 0 Å². The van der Waals surface area contributed by atoms with Crippen molar-refractivity contribution >= 4 is 12.0 Å². The van der Waals surface area contributed by atoms with Crippen LogP contribution in [0.25, 0.3) is 0 Å². The molecule has 120 valence electrons. The van der Waals surface area contributed by atoms with Crippen LogP contribution in [0.2, 0.25) is 0 Å². The van der Waals surface area contributed by atoms with Crippen molar-refractivity contribution in [2.24, 2.45) is 5.92 Å². The standard InChI is InChI=1S/C15H27N3O3/c1-11(2)7-17(10-14(19)20)15(21)18-9-13-5-4-6-16(13)8-12(18)3/h11-13H,4-10H2,1-3H3,(H,19,20). The van der Waals surface area contributed by atoms with Crippen molar-refractivity contribution in [3.05, 3.63) is 0 Å². The van der Waals surface area contributed by atoms with Crippen molar-refractivity contribution in [1.82, 2.24) is 14.7 Å². The molecule has 6 nitrogen and oxygen atoms in total. The van der Waals surface area contributed by atoms with Gasteiger partial charge in [-0.05, 0) is 32.2 Å². The van der Waals surface area contributed by atoms with E-state index in [1.165, 1.54) is 11.3 Å². The molecular weight excluding hydrogens is 270 g/mol. The first-order valence-electron chi connectivity index (χ1n) is 7.90. The molecule has 0 aromatic heterocycles. The van der Waals surface area contributed by atoms with Gasteiger partial charge in [0.1, 0.15) is 6.54 Å². The Balaban J connectivity index is 2.05. The molecular formula is C15H27N3O3. The molecule has 0 saturated carbocycles. The third-order valence-corrected chi connectivity index (χ3v) is 4.37. The van der Waals surface area contributed by atoms with Crippen LogP contribution in [-0.4, -0.2) is 76.6 Å². The van der Waals surface area contributed by atoms with Crippen molar-refractivity contribution in [2.45, 2.75) is 45.7 Å². The normalized spacial score (nSPS) is 26.0. The Hall–Kier alpha value is -1.30. The SMILES string of the molecule is CC(C)CN(CC(=O)O)C(=O)N1CC2CCCN2CC1C. The summed E-state index contributed by atoms with van der Waals surface area (Å²) in [6, 6.07) is 0.483. The zero-order valence-corrected chi connectivity index (χ0v) is 13.3. The van der Waals surface area contributed by atoms with Gasteiger partial charge < -0.3 is 14.9 Å². The van der Waals surface area contributed by atoms with Gasteiger partial charge in [-0.2, -0.15) is 0 Å². The van der Waals surface area contributed by atoms with Crippen molar-refractivity contribution in [3.63, 3.8) is 0 Å². The van der Waals surface area contributed by atoms with E-state index in [1.807, 2.05) is 18.7 Å². The maximum Gasteiger partial charge on any atom is 0.323 e. The van der Waals surface area contributed by atoms with Gasteiger partial charge in [0, 0.05) is 31.7 Å². The van der Waals surface area contributed by atoms with Crippen LogP contribution in [0, 0.1) is 5.92 Å². The molecule has 2 heterocycles. The summed E-state index contributed by atoms with van der Waals surface area (Å²) in [7, 11) is 0. The second kappa shape index (κ2) is 6.64. The summed E-state index contributed by atoms with van der Waals surface area (Å²) in [5.41, 5.74) is 0. The van der Waals surface area contributed by atoms with E-state index in [9.17, 15) is 9.59 Å². The number of fused-ring (bicyclic) bond motifs is 1. The summed E-state index contributed by atoms with van der Waals surface area (Å²) in [6.45, 7) is 9.09. The average molecular weight is 297 g/mol. The van der Waals surface area contributed by atoms with Gasteiger partial charge in [0.15, 0.2) is 0 Å². The molecule has 1 N–H and O–H groups in total. The van der Waals surface area contributed by atoms with Crippen molar-refractivity contribution < 1.29 is 14.7 Å². The molecule has 2 fully saturated rings. The highest BCUT2D eigenvalue weighted by atomic mass is 16.4. The molecule has 2 unspecified atom stereocenters. The largest absolute Gasteiger partial charge is 0.480 e. The highest BCUT2D eigenvalue weighted by Crippen LogP contribution is 2.25. The van der Waals surface area contributed by atoms with E-state index >= 15 is 0 Å². The molecule has 0 aromatic carbocycles. The number of amides is 2. The van der Waals surface area contributed by atoms with Crippen molar-refractivity contribution in [3.8, 4) is 0 Å². The molecule has 2 atom stereocenters. The lowest BCUT2D eigenvalue weighted by Gasteiger charge is -2.44. The van der Waals surface area contributed by atoms with E-state index in [0.29, 0.717) is 12.6 Å². The lowest BCUT2D eigenvalue weighted by molar-refractivity contribution is -0.137. The van der Waals surface area contributed by atoms with Crippen LogP contribution in [0.15, 0.2) is 0 Å². The number of carboxylic acid groups (broad SMARTS) is 1. The van der Waals surface area contributed by atoms with E-state index in [0.717, 1.165) is 26.1 Å². The maximum atomic E-state index is 12.7. The zero-order chi connectivity index (χ0) is 15.6. The van der Waals surface area contributed by atoms with Gasteiger partial charge in [0.25, 0.3) is 0 Å². The first kappa shape index (κ1) is 16.1. The van der Waals surface area contributed by atoms with Crippen LogP contribution in [-0.2, 0) is 4.79 Å². The summed E-state index contributed by atoms with van der Waals surface area (Å²) >= 11 is 0. The molecule has 0 aliphatic carbocycles.